The Bertz CT molecular complexity index is 853. The van der Waals surface area contributed by atoms with E-state index in [0.29, 0.717) is 17.2 Å². The fraction of sp³-hybridized carbons (Fsp3) is 0.286. The van der Waals surface area contributed by atoms with E-state index in [9.17, 15) is 4.79 Å². The maximum Gasteiger partial charge on any atom is 0.339 e. The van der Waals surface area contributed by atoms with Crippen LogP contribution in [0.4, 0.5) is 0 Å². The van der Waals surface area contributed by atoms with Gasteiger partial charge in [-0.05, 0) is 36.7 Å². The van der Waals surface area contributed by atoms with Crippen LogP contribution in [0.3, 0.4) is 0 Å². The molecule has 136 valence electrons. The summed E-state index contributed by atoms with van der Waals surface area (Å²) in [5.74, 6) is -0.329. The van der Waals surface area contributed by atoms with Gasteiger partial charge in [0.05, 0.1) is 17.2 Å². The Morgan fingerprint density at radius 1 is 0.923 bits per heavy atom. The summed E-state index contributed by atoms with van der Waals surface area (Å²) in [4.78, 5) is 12.8. The molecule has 0 aliphatic rings. The summed E-state index contributed by atoms with van der Waals surface area (Å²) in [5.41, 5.74) is 0.564. The lowest BCUT2D eigenvalue weighted by Gasteiger charge is -2.13. The number of carbonyl (C=O) groups is 1. The molecule has 0 saturated carbocycles. The summed E-state index contributed by atoms with van der Waals surface area (Å²) >= 11 is 6.56. The van der Waals surface area contributed by atoms with E-state index < -0.39 is 0 Å². The van der Waals surface area contributed by atoms with E-state index in [-0.39, 0.29) is 12.6 Å². The smallest absolute Gasteiger partial charge is 0.339 e. The summed E-state index contributed by atoms with van der Waals surface area (Å²) in [6.07, 6.45) is 1.45. The number of hydrogen-bond donors (Lipinski definition) is 2. The fourth-order valence-corrected chi connectivity index (χ4v) is 3.39. The van der Waals surface area contributed by atoms with Crippen LogP contribution < -0.4 is 5.32 Å². The zero-order valence-corrected chi connectivity index (χ0v) is 15.3. The molecule has 3 rings (SSSR count). The number of fused-ring (bicyclic) bond motifs is 2. The number of nitrogens with one attached hydrogen (secondary N) is 1. The Hall–Kier alpha value is -2.14. The molecule has 0 saturated heterocycles. The minimum Gasteiger partial charge on any atom is -0.462 e. The molecule has 0 radical (unpaired) electrons. The molecule has 0 unspecified atom stereocenters. The second kappa shape index (κ2) is 8.99. The third-order valence-electron chi connectivity index (χ3n) is 4.31. The van der Waals surface area contributed by atoms with Gasteiger partial charge in [-0.1, -0.05) is 60.1 Å². The summed E-state index contributed by atoms with van der Waals surface area (Å²) in [5, 5.41) is 15.9. The van der Waals surface area contributed by atoms with Crippen molar-refractivity contribution in [1.29, 1.82) is 0 Å². The lowest BCUT2D eigenvalue weighted by atomic mass is 9.96. The monoisotopic (exact) mass is 371 g/mol. The molecule has 0 heterocycles. The molecule has 0 aliphatic heterocycles. The zero-order chi connectivity index (χ0) is 18.4. The predicted molar refractivity (Wildman–Crippen MR) is 106 cm³/mol. The number of halogens is 1. The molecule has 5 heteroatoms. The first-order valence-electron chi connectivity index (χ1n) is 8.81. The normalized spacial score (nSPS) is 11.2. The largest absolute Gasteiger partial charge is 0.462 e. The molecule has 4 nitrogen and oxygen atoms in total. The van der Waals surface area contributed by atoms with Gasteiger partial charge in [0.25, 0.3) is 0 Å². The number of benzene rings is 3. The van der Waals surface area contributed by atoms with Gasteiger partial charge in [-0.25, -0.2) is 4.79 Å². The number of ether oxygens (including phenoxy) is 1. The van der Waals surface area contributed by atoms with Crippen molar-refractivity contribution in [2.75, 3.05) is 26.3 Å². The van der Waals surface area contributed by atoms with Crippen molar-refractivity contribution >= 4 is 39.1 Å². The average Bonchev–Trinajstić information content (AvgIpc) is 2.67. The first-order chi connectivity index (χ1) is 12.7. The minimum absolute atomic E-state index is 0.179. The van der Waals surface area contributed by atoms with Crippen LogP contribution in [0.25, 0.3) is 21.5 Å². The topological polar surface area (TPSA) is 58.6 Å². The van der Waals surface area contributed by atoms with Crippen molar-refractivity contribution in [1.82, 2.24) is 5.32 Å². The summed E-state index contributed by atoms with van der Waals surface area (Å²) < 4.78 is 5.52. The molecule has 26 heavy (non-hydrogen) atoms. The maximum absolute atomic E-state index is 12.8. The Labute approximate surface area is 157 Å². The molecule has 0 fully saturated rings. The Morgan fingerprint density at radius 2 is 1.46 bits per heavy atom. The first kappa shape index (κ1) is 18.6. The summed E-state index contributed by atoms with van der Waals surface area (Å²) in [7, 11) is 0. The third-order valence-corrected chi connectivity index (χ3v) is 4.72. The number of aliphatic hydroxyl groups is 1. The van der Waals surface area contributed by atoms with Crippen LogP contribution in [-0.4, -0.2) is 37.4 Å². The highest BCUT2D eigenvalue weighted by molar-refractivity contribution is 6.42. The van der Waals surface area contributed by atoms with Gasteiger partial charge < -0.3 is 15.2 Å². The van der Waals surface area contributed by atoms with Crippen molar-refractivity contribution in [2.24, 2.45) is 0 Å². The molecule has 0 aromatic heterocycles. The number of carbonyl (C=O) groups excluding carboxylic acids is 1. The zero-order valence-electron chi connectivity index (χ0n) is 14.5. The second-order valence-corrected chi connectivity index (χ2v) is 6.47. The highest BCUT2D eigenvalue weighted by Crippen LogP contribution is 2.36. The van der Waals surface area contributed by atoms with Crippen LogP contribution in [0.5, 0.6) is 0 Å². The quantitative estimate of drug-likeness (QED) is 0.354. The van der Waals surface area contributed by atoms with E-state index in [1.54, 1.807) is 0 Å². The molecule has 2 N–H and O–H groups in total. The Kier molecular flexibility index (Phi) is 6.45. The van der Waals surface area contributed by atoms with E-state index in [4.69, 9.17) is 21.4 Å². The van der Waals surface area contributed by atoms with Crippen molar-refractivity contribution in [3.63, 3.8) is 0 Å². The van der Waals surface area contributed by atoms with Gasteiger partial charge in [0.1, 0.15) is 0 Å². The lowest BCUT2D eigenvalue weighted by molar-refractivity contribution is 0.0505. The molecule has 0 aliphatic carbocycles. The molecule has 0 atom stereocenters. The number of rotatable bonds is 8. The molecule has 0 bridgehead atoms. The van der Waals surface area contributed by atoms with E-state index in [2.05, 4.69) is 5.32 Å². The highest BCUT2D eigenvalue weighted by Gasteiger charge is 2.18. The van der Waals surface area contributed by atoms with Crippen LogP contribution in [0, 0.1) is 0 Å². The van der Waals surface area contributed by atoms with E-state index in [1.807, 2.05) is 48.5 Å². The van der Waals surface area contributed by atoms with Crippen LogP contribution >= 0.6 is 11.6 Å². The standard InChI is InChI=1S/C21H22ClNO3/c22-20-17-9-3-1-7-15(17)19(16-8-2-4-10-18(16)20)21(25)26-14-6-12-23-11-5-13-24/h1-4,7-10,23-24H,5-6,11-14H2. The van der Waals surface area contributed by atoms with Crippen LogP contribution in [0.2, 0.25) is 5.02 Å². The molecular weight excluding hydrogens is 350 g/mol. The molecule has 0 amide bonds. The van der Waals surface area contributed by atoms with E-state index >= 15 is 0 Å². The molecular formula is C21H22ClNO3. The highest BCUT2D eigenvalue weighted by atomic mass is 35.5. The van der Waals surface area contributed by atoms with Gasteiger partial charge >= 0.3 is 5.97 Å². The van der Waals surface area contributed by atoms with Crippen molar-refractivity contribution in [3.8, 4) is 0 Å². The Balaban J connectivity index is 1.82. The van der Waals surface area contributed by atoms with Crippen molar-refractivity contribution < 1.29 is 14.6 Å². The van der Waals surface area contributed by atoms with E-state index in [0.717, 1.165) is 47.5 Å². The Morgan fingerprint density at radius 3 is 2.04 bits per heavy atom. The van der Waals surface area contributed by atoms with Crippen LogP contribution in [-0.2, 0) is 4.74 Å². The SMILES string of the molecule is O=C(OCCCNCCCO)c1c2ccccc2c(Cl)c2ccccc12. The fourth-order valence-electron chi connectivity index (χ4n) is 3.06. The molecule has 0 spiro atoms. The van der Waals surface area contributed by atoms with Gasteiger partial charge in [0.2, 0.25) is 0 Å². The lowest BCUT2D eigenvalue weighted by Crippen LogP contribution is -2.19. The second-order valence-electron chi connectivity index (χ2n) is 6.10. The van der Waals surface area contributed by atoms with Gasteiger partial charge in [0.15, 0.2) is 0 Å². The minimum atomic E-state index is -0.329. The third kappa shape index (κ3) is 3.98. The first-order valence-corrected chi connectivity index (χ1v) is 9.19. The van der Waals surface area contributed by atoms with E-state index in [1.165, 1.54) is 0 Å². The van der Waals surface area contributed by atoms with Gasteiger partial charge in [-0.3, -0.25) is 0 Å². The number of aliphatic hydroxyl groups excluding tert-OH is 1. The van der Waals surface area contributed by atoms with Crippen LogP contribution in [0.15, 0.2) is 48.5 Å². The van der Waals surface area contributed by atoms with Gasteiger partial charge in [0, 0.05) is 17.4 Å². The van der Waals surface area contributed by atoms with Gasteiger partial charge in [-0.2, -0.15) is 0 Å². The van der Waals surface area contributed by atoms with Gasteiger partial charge in [-0.15, -0.1) is 0 Å². The molecule has 3 aromatic carbocycles. The van der Waals surface area contributed by atoms with Crippen LogP contribution in [0.1, 0.15) is 23.2 Å². The number of hydrogen-bond acceptors (Lipinski definition) is 4. The van der Waals surface area contributed by atoms with Crippen molar-refractivity contribution in [3.05, 3.63) is 59.1 Å². The average molecular weight is 372 g/mol. The predicted octanol–water partition coefficient (Wildman–Crippen LogP) is 4.17. The number of esters is 1. The summed E-state index contributed by atoms with van der Waals surface area (Å²) in [6, 6.07) is 15.3. The summed E-state index contributed by atoms with van der Waals surface area (Å²) in [6.45, 7) is 2.03. The van der Waals surface area contributed by atoms with Crippen molar-refractivity contribution in [2.45, 2.75) is 12.8 Å². The maximum atomic E-state index is 12.8. The molecule has 3 aromatic rings.